The van der Waals surface area contributed by atoms with Gasteiger partial charge in [-0.25, -0.2) is 4.68 Å². The van der Waals surface area contributed by atoms with E-state index in [0.29, 0.717) is 18.0 Å². The summed E-state index contributed by atoms with van der Waals surface area (Å²) in [5.41, 5.74) is 6.71. The van der Waals surface area contributed by atoms with E-state index in [1.165, 1.54) is 11.1 Å². The lowest BCUT2D eigenvalue weighted by Gasteiger charge is -2.27. The third-order valence-electron chi connectivity index (χ3n) is 6.71. The van der Waals surface area contributed by atoms with Crippen LogP contribution in [0, 0.1) is 0 Å². The number of nitrogens with zero attached hydrogens (tertiary/aromatic N) is 3. The third-order valence-corrected chi connectivity index (χ3v) is 6.71. The SMILES string of the molecule is COc1ccc(-c2nn(-c3ccccc3)cc2CNCc2ccccc2CN2CCOCC2)cc1OC. The van der Waals surface area contributed by atoms with Gasteiger partial charge in [-0.05, 0) is 41.5 Å². The maximum Gasteiger partial charge on any atom is 0.161 e. The van der Waals surface area contributed by atoms with Crippen LogP contribution in [-0.2, 0) is 24.4 Å². The number of nitrogens with one attached hydrogen (secondary N) is 1. The molecule has 2 heterocycles. The Labute approximate surface area is 218 Å². The topological polar surface area (TPSA) is 60.8 Å². The molecule has 7 heteroatoms. The van der Waals surface area contributed by atoms with E-state index in [4.69, 9.17) is 19.3 Å². The first-order chi connectivity index (χ1) is 18.2. The molecule has 0 spiro atoms. The number of para-hydroxylation sites is 1. The molecule has 0 aliphatic carbocycles. The van der Waals surface area contributed by atoms with Gasteiger partial charge in [-0.3, -0.25) is 4.90 Å². The Bertz CT molecular complexity index is 1300. The minimum absolute atomic E-state index is 0.683. The van der Waals surface area contributed by atoms with Crippen molar-refractivity contribution in [2.75, 3.05) is 40.5 Å². The molecule has 192 valence electrons. The summed E-state index contributed by atoms with van der Waals surface area (Å²) in [4.78, 5) is 2.46. The summed E-state index contributed by atoms with van der Waals surface area (Å²) in [6, 6.07) is 24.8. The highest BCUT2D eigenvalue weighted by atomic mass is 16.5. The van der Waals surface area contributed by atoms with Crippen LogP contribution >= 0.6 is 0 Å². The molecule has 1 aromatic heterocycles. The van der Waals surface area contributed by atoms with Gasteiger partial charge in [0.1, 0.15) is 0 Å². The largest absolute Gasteiger partial charge is 0.493 e. The Balaban J connectivity index is 1.37. The predicted octanol–water partition coefficient (Wildman–Crippen LogP) is 4.68. The second kappa shape index (κ2) is 12.1. The van der Waals surface area contributed by atoms with Crippen LogP contribution in [0.1, 0.15) is 16.7 Å². The molecular formula is C30H34N4O3. The molecule has 5 rings (SSSR count). The number of benzene rings is 3. The molecule has 0 radical (unpaired) electrons. The van der Waals surface area contributed by atoms with Crippen LogP contribution in [0.25, 0.3) is 16.9 Å². The molecule has 1 aliphatic rings. The summed E-state index contributed by atoms with van der Waals surface area (Å²) in [7, 11) is 3.30. The van der Waals surface area contributed by atoms with Crippen molar-refractivity contribution >= 4 is 0 Å². The molecule has 1 N–H and O–H groups in total. The first-order valence-corrected chi connectivity index (χ1v) is 12.7. The molecule has 1 fully saturated rings. The van der Waals surface area contributed by atoms with E-state index in [1.54, 1.807) is 14.2 Å². The summed E-state index contributed by atoms with van der Waals surface area (Å²) in [5, 5.41) is 8.63. The second-order valence-electron chi connectivity index (χ2n) is 9.11. The highest BCUT2D eigenvalue weighted by Gasteiger charge is 2.16. The lowest BCUT2D eigenvalue weighted by molar-refractivity contribution is 0.0340. The first kappa shape index (κ1) is 25.0. The monoisotopic (exact) mass is 498 g/mol. The molecular weight excluding hydrogens is 464 g/mol. The zero-order valence-electron chi connectivity index (χ0n) is 21.5. The summed E-state index contributed by atoms with van der Waals surface area (Å²) < 4.78 is 18.4. The van der Waals surface area contributed by atoms with E-state index in [-0.39, 0.29) is 0 Å². The van der Waals surface area contributed by atoms with Gasteiger partial charge in [0, 0.05) is 50.0 Å². The third kappa shape index (κ3) is 6.02. The van der Waals surface area contributed by atoms with E-state index >= 15 is 0 Å². The van der Waals surface area contributed by atoms with E-state index < -0.39 is 0 Å². The number of morpholine rings is 1. The van der Waals surface area contributed by atoms with Crippen molar-refractivity contribution in [3.8, 4) is 28.4 Å². The van der Waals surface area contributed by atoms with Crippen molar-refractivity contribution in [2.24, 2.45) is 0 Å². The molecule has 3 aromatic carbocycles. The molecule has 37 heavy (non-hydrogen) atoms. The highest BCUT2D eigenvalue weighted by Crippen LogP contribution is 2.33. The molecule has 7 nitrogen and oxygen atoms in total. The van der Waals surface area contributed by atoms with E-state index in [9.17, 15) is 0 Å². The van der Waals surface area contributed by atoms with Crippen LogP contribution in [0.4, 0.5) is 0 Å². The van der Waals surface area contributed by atoms with Gasteiger partial charge in [0.25, 0.3) is 0 Å². The minimum atomic E-state index is 0.683. The van der Waals surface area contributed by atoms with Crippen LogP contribution in [0.5, 0.6) is 11.5 Å². The van der Waals surface area contributed by atoms with Crippen molar-refractivity contribution in [3.05, 3.63) is 95.7 Å². The Morgan fingerprint density at radius 2 is 1.51 bits per heavy atom. The minimum Gasteiger partial charge on any atom is -0.493 e. The van der Waals surface area contributed by atoms with Crippen molar-refractivity contribution in [1.29, 1.82) is 0 Å². The van der Waals surface area contributed by atoms with Crippen molar-refractivity contribution in [3.63, 3.8) is 0 Å². The van der Waals surface area contributed by atoms with Crippen LogP contribution in [0.15, 0.2) is 79.0 Å². The van der Waals surface area contributed by atoms with E-state index in [2.05, 4.69) is 52.8 Å². The second-order valence-corrected chi connectivity index (χ2v) is 9.11. The van der Waals surface area contributed by atoms with Gasteiger partial charge >= 0.3 is 0 Å². The van der Waals surface area contributed by atoms with Gasteiger partial charge in [-0.1, -0.05) is 42.5 Å². The lowest BCUT2D eigenvalue weighted by atomic mass is 10.1. The fourth-order valence-electron chi connectivity index (χ4n) is 4.69. The molecule has 0 bridgehead atoms. The summed E-state index contributed by atoms with van der Waals surface area (Å²) in [6.07, 6.45) is 2.11. The Hall–Kier alpha value is -3.65. The standard InChI is InChI=1S/C30H34N4O3/c1-35-28-13-12-23(18-29(28)36-2)30-26(22-34(32-30)27-10-4-3-5-11-27)20-31-19-24-8-6-7-9-25(24)21-33-14-16-37-17-15-33/h3-13,18,22,31H,14-17,19-21H2,1-2H3. The van der Waals surface area contributed by atoms with Gasteiger partial charge in [0.2, 0.25) is 0 Å². The maximum atomic E-state index is 5.56. The average molecular weight is 499 g/mol. The van der Waals surface area contributed by atoms with Crippen LogP contribution in [0.2, 0.25) is 0 Å². The smallest absolute Gasteiger partial charge is 0.161 e. The molecule has 1 saturated heterocycles. The Morgan fingerprint density at radius 1 is 0.811 bits per heavy atom. The fourth-order valence-corrected chi connectivity index (χ4v) is 4.69. The zero-order valence-corrected chi connectivity index (χ0v) is 21.5. The lowest BCUT2D eigenvalue weighted by Crippen LogP contribution is -2.36. The number of aromatic nitrogens is 2. The van der Waals surface area contributed by atoms with Crippen LogP contribution in [0.3, 0.4) is 0 Å². The number of ether oxygens (including phenoxy) is 3. The summed E-state index contributed by atoms with van der Waals surface area (Å²) in [5.74, 6) is 1.38. The quantitative estimate of drug-likeness (QED) is 0.343. The normalized spacial score (nSPS) is 14.0. The van der Waals surface area contributed by atoms with Gasteiger partial charge in [0.15, 0.2) is 11.5 Å². The average Bonchev–Trinajstić information content (AvgIpc) is 3.39. The summed E-state index contributed by atoms with van der Waals surface area (Å²) >= 11 is 0. The Morgan fingerprint density at radius 3 is 2.27 bits per heavy atom. The molecule has 1 aliphatic heterocycles. The van der Waals surface area contributed by atoms with E-state index in [1.807, 2.05) is 41.1 Å². The van der Waals surface area contributed by atoms with Crippen molar-refractivity contribution < 1.29 is 14.2 Å². The highest BCUT2D eigenvalue weighted by molar-refractivity contribution is 5.67. The predicted molar refractivity (Wildman–Crippen MR) is 145 cm³/mol. The van der Waals surface area contributed by atoms with Gasteiger partial charge < -0.3 is 19.5 Å². The molecule has 0 unspecified atom stereocenters. The van der Waals surface area contributed by atoms with Gasteiger partial charge in [-0.15, -0.1) is 0 Å². The Kier molecular flexibility index (Phi) is 8.15. The molecule has 4 aromatic rings. The zero-order chi connectivity index (χ0) is 25.5. The molecule has 0 amide bonds. The number of methoxy groups -OCH3 is 2. The van der Waals surface area contributed by atoms with E-state index in [0.717, 1.165) is 61.9 Å². The van der Waals surface area contributed by atoms with Crippen LogP contribution in [-0.4, -0.2) is 55.2 Å². The molecule has 0 atom stereocenters. The van der Waals surface area contributed by atoms with Crippen molar-refractivity contribution in [2.45, 2.75) is 19.6 Å². The van der Waals surface area contributed by atoms with Gasteiger partial charge in [-0.2, -0.15) is 5.10 Å². The number of hydrogen-bond donors (Lipinski definition) is 1. The number of hydrogen-bond acceptors (Lipinski definition) is 6. The maximum absolute atomic E-state index is 5.56. The first-order valence-electron chi connectivity index (χ1n) is 12.7. The fraction of sp³-hybridized carbons (Fsp3) is 0.300. The van der Waals surface area contributed by atoms with Gasteiger partial charge in [0.05, 0.1) is 38.8 Å². The van der Waals surface area contributed by atoms with Crippen molar-refractivity contribution in [1.82, 2.24) is 20.0 Å². The summed E-state index contributed by atoms with van der Waals surface area (Å²) in [6.45, 7) is 5.99. The molecule has 0 saturated carbocycles. The number of rotatable bonds is 10. The van der Waals surface area contributed by atoms with Crippen LogP contribution < -0.4 is 14.8 Å².